The molecule has 0 spiro atoms. The van der Waals surface area contributed by atoms with Gasteiger partial charge in [-0.1, -0.05) is 6.07 Å². The largest absolute Gasteiger partial charge is 0.381 e. The lowest BCUT2D eigenvalue weighted by molar-refractivity contribution is 0.0414. The van der Waals surface area contributed by atoms with E-state index in [2.05, 4.69) is 21.3 Å². The first-order valence-corrected chi connectivity index (χ1v) is 6.74. The Bertz CT molecular complexity index is 323. The molecule has 1 fully saturated rings. The van der Waals surface area contributed by atoms with Gasteiger partial charge in [-0.05, 0) is 25.0 Å². The van der Waals surface area contributed by atoms with Crippen LogP contribution in [0.4, 0.5) is 0 Å². The van der Waals surface area contributed by atoms with Gasteiger partial charge in [0, 0.05) is 46.0 Å². The van der Waals surface area contributed by atoms with E-state index in [0.29, 0.717) is 6.10 Å². The average Bonchev–Trinajstić information content (AvgIpc) is 2.45. The summed E-state index contributed by atoms with van der Waals surface area (Å²) in [6, 6.07) is 6.03. The maximum atomic E-state index is 5.37. The molecule has 4 heteroatoms. The number of likely N-dealkylation sites (tertiary alicyclic amines) is 1. The number of pyridine rings is 1. The van der Waals surface area contributed by atoms with Crippen LogP contribution < -0.4 is 5.32 Å². The molecular formula is C14H23N3O. The van der Waals surface area contributed by atoms with Gasteiger partial charge in [0.25, 0.3) is 0 Å². The van der Waals surface area contributed by atoms with Crippen LogP contribution in [0, 0.1) is 0 Å². The minimum absolute atomic E-state index is 0.475. The zero-order valence-electron chi connectivity index (χ0n) is 11.1. The molecule has 2 heterocycles. The SMILES string of the molecule is COC1CCN(CCNCc2ccccn2)CC1. The predicted octanol–water partition coefficient (Wildman–Crippen LogP) is 1.28. The number of nitrogens with one attached hydrogen (secondary N) is 1. The summed E-state index contributed by atoms with van der Waals surface area (Å²) in [5.74, 6) is 0. The van der Waals surface area contributed by atoms with Crippen molar-refractivity contribution in [1.82, 2.24) is 15.2 Å². The van der Waals surface area contributed by atoms with Gasteiger partial charge in [0.1, 0.15) is 0 Å². The molecule has 1 aliphatic heterocycles. The molecule has 1 aliphatic rings. The monoisotopic (exact) mass is 249 g/mol. The summed E-state index contributed by atoms with van der Waals surface area (Å²) in [7, 11) is 1.81. The van der Waals surface area contributed by atoms with Crippen LogP contribution >= 0.6 is 0 Å². The van der Waals surface area contributed by atoms with Crippen molar-refractivity contribution >= 4 is 0 Å². The minimum atomic E-state index is 0.475. The van der Waals surface area contributed by atoms with E-state index in [9.17, 15) is 0 Å². The molecule has 0 aromatic carbocycles. The molecule has 0 bridgehead atoms. The fraction of sp³-hybridized carbons (Fsp3) is 0.643. The minimum Gasteiger partial charge on any atom is -0.381 e. The van der Waals surface area contributed by atoms with Crippen molar-refractivity contribution in [1.29, 1.82) is 0 Å². The molecule has 2 rings (SSSR count). The summed E-state index contributed by atoms with van der Waals surface area (Å²) in [5, 5.41) is 3.44. The Balaban J connectivity index is 1.56. The first-order valence-electron chi connectivity index (χ1n) is 6.74. The Kier molecular flexibility index (Phi) is 5.58. The molecule has 0 atom stereocenters. The van der Waals surface area contributed by atoms with Gasteiger partial charge >= 0.3 is 0 Å². The van der Waals surface area contributed by atoms with Crippen molar-refractivity contribution in [3.8, 4) is 0 Å². The Morgan fingerprint density at radius 3 is 2.89 bits per heavy atom. The van der Waals surface area contributed by atoms with Crippen molar-refractivity contribution in [2.75, 3.05) is 33.3 Å². The molecule has 1 aromatic heterocycles. The number of hydrogen-bond acceptors (Lipinski definition) is 4. The van der Waals surface area contributed by atoms with E-state index in [0.717, 1.165) is 51.3 Å². The van der Waals surface area contributed by atoms with Crippen LogP contribution in [0.25, 0.3) is 0 Å². The van der Waals surface area contributed by atoms with Crippen molar-refractivity contribution in [2.24, 2.45) is 0 Å². The molecule has 18 heavy (non-hydrogen) atoms. The molecule has 0 unspecified atom stereocenters. The molecule has 100 valence electrons. The van der Waals surface area contributed by atoms with E-state index >= 15 is 0 Å². The van der Waals surface area contributed by atoms with Crippen molar-refractivity contribution < 1.29 is 4.74 Å². The number of methoxy groups -OCH3 is 1. The van der Waals surface area contributed by atoms with Gasteiger partial charge in [-0.3, -0.25) is 4.98 Å². The summed E-state index contributed by atoms with van der Waals surface area (Å²) in [5.41, 5.74) is 1.11. The summed E-state index contributed by atoms with van der Waals surface area (Å²) < 4.78 is 5.37. The van der Waals surface area contributed by atoms with Crippen LogP contribution in [0.1, 0.15) is 18.5 Å². The standard InChI is InChI=1S/C14H23N3O/c1-18-14-5-9-17(10-6-14)11-8-15-12-13-4-2-3-7-16-13/h2-4,7,14-15H,5-6,8-12H2,1H3. The Morgan fingerprint density at radius 1 is 1.39 bits per heavy atom. The smallest absolute Gasteiger partial charge is 0.0595 e. The van der Waals surface area contributed by atoms with Gasteiger partial charge in [-0.15, -0.1) is 0 Å². The van der Waals surface area contributed by atoms with Crippen molar-refractivity contribution in [3.05, 3.63) is 30.1 Å². The molecule has 0 saturated carbocycles. The Labute approximate surface area is 109 Å². The molecule has 1 N–H and O–H groups in total. The lowest BCUT2D eigenvalue weighted by atomic mass is 10.1. The topological polar surface area (TPSA) is 37.4 Å². The Morgan fingerprint density at radius 2 is 2.22 bits per heavy atom. The third-order valence-electron chi connectivity index (χ3n) is 3.51. The first kappa shape index (κ1) is 13.5. The lowest BCUT2D eigenvalue weighted by Gasteiger charge is -2.31. The van der Waals surface area contributed by atoms with Crippen LogP contribution in [0.5, 0.6) is 0 Å². The van der Waals surface area contributed by atoms with E-state index in [1.165, 1.54) is 0 Å². The zero-order chi connectivity index (χ0) is 12.6. The summed E-state index contributed by atoms with van der Waals surface area (Å²) >= 11 is 0. The van der Waals surface area contributed by atoms with Crippen LogP contribution in [-0.2, 0) is 11.3 Å². The molecule has 1 saturated heterocycles. The highest BCUT2D eigenvalue weighted by Crippen LogP contribution is 2.11. The van der Waals surface area contributed by atoms with Gasteiger partial charge in [-0.2, -0.15) is 0 Å². The number of hydrogen-bond donors (Lipinski definition) is 1. The van der Waals surface area contributed by atoms with Crippen molar-refractivity contribution in [2.45, 2.75) is 25.5 Å². The molecular weight excluding hydrogens is 226 g/mol. The number of piperidine rings is 1. The maximum absolute atomic E-state index is 5.37. The number of aromatic nitrogens is 1. The highest BCUT2D eigenvalue weighted by Gasteiger charge is 2.17. The van der Waals surface area contributed by atoms with E-state index < -0.39 is 0 Å². The van der Waals surface area contributed by atoms with Crippen LogP contribution in [-0.4, -0.2) is 49.3 Å². The highest BCUT2D eigenvalue weighted by atomic mass is 16.5. The normalized spacial score (nSPS) is 18.1. The number of ether oxygens (including phenoxy) is 1. The van der Waals surface area contributed by atoms with E-state index in [1.54, 1.807) is 0 Å². The number of nitrogens with zero attached hydrogens (tertiary/aromatic N) is 2. The second kappa shape index (κ2) is 7.46. The summed E-state index contributed by atoms with van der Waals surface area (Å²) in [6.45, 7) is 5.31. The van der Waals surface area contributed by atoms with Crippen LogP contribution in [0.2, 0.25) is 0 Å². The van der Waals surface area contributed by atoms with E-state index in [1.807, 2.05) is 25.4 Å². The molecule has 0 amide bonds. The van der Waals surface area contributed by atoms with Crippen molar-refractivity contribution in [3.63, 3.8) is 0 Å². The average molecular weight is 249 g/mol. The maximum Gasteiger partial charge on any atom is 0.0595 e. The summed E-state index contributed by atoms with van der Waals surface area (Å²) in [6.07, 6.45) is 4.64. The second-order valence-electron chi connectivity index (χ2n) is 4.77. The molecule has 1 aromatic rings. The van der Waals surface area contributed by atoms with Gasteiger partial charge in [0.2, 0.25) is 0 Å². The third kappa shape index (κ3) is 4.37. The number of rotatable bonds is 6. The zero-order valence-corrected chi connectivity index (χ0v) is 11.1. The molecule has 0 radical (unpaired) electrons. The third-order valence-corrected chi connectivity index (χ3v) is 3.51. The fourth-order valence-corrected chi connectivity index (χ4v) is 2.32. The first-order chi connectivity index (χ1) is 8.88. The second-order valence-corrected chi connectivity index (χ2v) is 4.77. The highest BCUT2D eigenvalue weighted by molar-refractivity contribution is 5.02. The van der Waals surface area contributed by atoms with Gasteiger partial charge in [0.05, 0.1) is 11.8 Å². The molecule has 0 aliphatic carbocycles. The van der Waals surface area contributed by atoms with E-state index in [-0.39, 0.29) is 0 Å². The molecule has 4 nitrogen and oxygen atoms in total. The van der Waals surface area contributed by atoms with Gasteiger partial charge in [-0.25, -0.2) is 0 Å². The Hall–Kier alpha value is -0.970. The quantitative estimate of drug-likeness (QED) is 0.771. The van der Waals surface area contributed by atoms with Gasteiger partial charge < -0.3 is 15.0 Å². The van der Waals surface area contributed by atoms with Crippen LogP contribution in [0.3, 0.4) is 0 Å². The fourth-order valence-electron chi connectivity index (χ4n) is 2.32. The van der Waals surface area contributed by atoms with E-state index in [4.69, 9.17) is 4.74 Å². The van der Waals surface area contributed by atoms with Crippen LogP contribution in [0.15, 0.2) is 24.4 Å². The predicted molar refractivity (Wildman–Crippen MR) is 72.4 cm³/mol. The summed E-state index contributed by atoms with van der Waals surface area (Å²) in [4.78, 5) is 6.79. The lowest BCUT2D eigenvalue weighted by Crippen LogP contribution is -2.40. The van der Waals surface area contributed by atoms with Gasteiger partial charge in [0.15, 0.2) is 0 Å².